The summed E-state index contributed by atoms with van der Waals surface area (Å²) in [5.41, 5.74) is 3.04. The van der Waals surface area contributed by atoms with Gasteiger partial charge in [-0.3, -0.25) is 0 Å². The summed E-state index contributed by atoms with van der Waals surface area (Å²) < 4.78 is 5.87. The van der Waals surface area contributed by atoms with Crippen LogP contribution in [0.5, 0.6) is 11.5 Å². The molecule has 0 amide bonds. The van der Waals surface area contributed by atoms with Crippen LogP contribution in [0.15, 0.2) is 42.5 Å². The zero-order valence-corrected chi connectivity index (χ0v) is 11.2. The van der Waals surface area contributed by atoms with Crippen molar-refractivity contribution in [3.8, 4) is 11.5 Å². The fourth-order valence-electron chi connectivity index (χ4n) is 2.73. The second-order valence-electron chi connectivity index (χ2n) is 5.19. The van der Waals surface area contributed by atoms with E-state index >= 15 is 0 Å². The molecule has 0 spiro atoms. The number of fused-ring (bicyclic) bond motifs is 1. The molecule has 1 aliphatic rings. The molecule has 0 aromatic heterocycles. The molecule has 20 heavy (non-hydrogen) atoms. The molecule has 3 nitrogen and oxygen atoms in total. The molecular weight excluding hydrogens is 252 g/mol. The van der Waals surface area contributed by atoms with E-state index in [-0.39, 0.29) is 11.9 Å². The van der Waals surface area contributed by atoms with Crippen molar-refractivity contribution < 1.29 is 14.9 Å². The molecule has 0 saturated carbocycles. The summed E-state index contributed by atoms with van der Waals surface area (Å²) in [4.78, 5) is 0. The van der Waals surface area contributed by atoms with Gasteiger partial charge < -0.3 is 14.9 Å². The van der Waals surface area contributed by atoms with Crippen molar-refractivity contribution in [1.29, 1.82) is 0 Å². The summed E-state index contributed by atoms with van der Waals surface area (Å²) >= 11 is 0. The second kappa shape index (κ2) is 5.55. The first kappa shape index (κ1) is 13.0. The van der Waals surface area contributed by atoms with Crippen LogP contribution in [0.4, 0.5) is 0 Å². The first-order chi connectivity index (χ1) is 9.74. The summed E-state index contributed by atoms with van der Waals surface area (Å²) in [5, 5.41) is 19.5. The lowest BCUT2D eigenvalue weighted by Crippen LogP contribution is -2.11. The fourth-order valence-corrected chi connectivity index (χ4v) is 2.73. The lowest BCUT2D eigenvalue weighted by Gasteiger charge is -2.23. The summed E-state index contributed by atoms with van der Waals surface area (Å²) in [5.74, 6) is 1.08. The van der Waals surface area contributed by atoms with Crippen molar-refractivity contribution in [2.24, 2.45) is 0 Å². The highest BCUT2D eigenvalue weighted by atomic mass is 16.5. The molecule has 3 heteroatoms. The average molecular weight is 270 g/mol. The number of ether oxygens (including phenoxy) is 1. The number of aliphatic hydroxyl groups is 1. The molecule has 1 unspecified atom stereocenters. The van der Waals surface area contributed by atoms with Gasteiger partial charge in [0.05, 0.1) is 6.10 Å². The monoisotopic (exact) mass is 270 g/mol. The maximum Gasteiger partial charge on any atom is 0.123 e. The lowest BCUT2D eigenvalue weighted by atomic mass is 9.89. The maximum absolute atomic E-state index is 10.0. The molecule has 104 valence electrons. The van der Waals surface area contributed by atoms with Crippen LogP contribution in [-0.2, 0) is 13.0 Å². The predicted molar refractivity (Wildman–Crippen MR) is 76.8 cm³/mol. The average Bonchev–Trinajstić information content (AvgIpc) is 2.46. The summed E-state index contributed by atoms with van der Waals surface area (Å²) in [6.45, 7) is 0.418. The highest BCUT2D eigenvalue weighted by Gasteiger charge is 2.20. The van der Waals surface area contributed by atoms with E-state index in [1.165, 1.54) is 0 Å². The standard InChI is InChI=1S/C17H18O3/c18-13-5-1-4-12(10-13)11-20-17-9-3-6-14-15(17)7-2-8-16(14)19/h1,3-6,9-10,16,18-19H,2,7-8,11H2. The number of rotatable bonds is 3. The molecule has 2 N–H and O–H groups in total. The van der Waals surface area contributed by atoms with Gasteiger partial charge in [0.1, 0.15) is 18.1 Å². The van der Waals surface area contributed by atoms with Crippen LogP contribution < -0.4 is 4.74 Å². The van der Waals surface area contributed by atoms with Gasteiger partial charge in [-0.15, -0.1) is 0 Å². The Morgan fingerprint density at radius 3 is 2.85 bits per heavy atom. The van der Waals surface area contributed by atoms with Gasteiger partial charge >= 0.3 is 0 Å². The maximum atomic E-state index is 10.0. The topological polar surface area (TPSA) is 49.7 Å². The van der Waals surface area contributed by atoms with E-state index in [0.29, 0.717) is 6.61 Å². The molecule has 1 aliphatic carbocycles. The van der Waals surface area contributed by atoms with E-state index < -0.39 is 0 Å². The quantitative estimate of drug-likeness (QED) is 0.899. The number of phenols is 1. The van der Waals surface area contributed by atoms with Gasteiger partial charge in [0, 0.05) is 0 Å². The molecule has 0 heterocycles. The number of aliphatic hydroxyl groups excluding tert-OH is 1. The van der Waals surface area contributed by atoms with E-state index in [9.17, 15) is 10.2 Å². The van der Waals surface area contributed by atoms with Gasteiger partial charge in [-0.2, -0.15) is 0 Å². The third-order valence-corrected chi connectivity index (χ3v) is 3.74. The Labute approximate surface area is 118 Å². The minimum atomic E-state index is -0.372. The van der Waals surface area contributed by atoms with Gasteiger partial charge in [-0.25, -0.2) is 0 Å². The van der Waals surface area contributed by atoms with Crippen molar-refractivity contribution in [3.63, 3.8) is 0 Å². The molecule has 0 bridgehead atoms. The Bertz CT molecular complexity index is 607. The normalized spacial score (nSPS) is 17.6. The largest absolute Gasteiger partial charge is 0.508 e. The Kier molecular flexibility index (Phi) is 3.61. The number of hydrogen-bond acceptors (Lipinski definition) is 3. The Balaban J connectivity index is 1.80. The molecule has 0 aliphatic heterocycles. The van der Waals surface area contributed by atoms with E-state index in [1.807, 2.05) is 24.3 Å². The van der Waals surface area contributed by atoms with Crippen molar-refractivity contribution in [3.05, 3.63) is 59.2 Å². The molecule has 0 saturated heterocycles. The smallest absolute Gasteiger partial charge is 0.123 e. The second-order valence-corrected chi connectivity index (χ2v) is 5.19. The van der Waals surface area contributed by atoms with Crippen LogP contribution in [0.2, 0.25) is 0 Å². The van der Waals surface area contributed by atoms with E-state index in [0.717, 1.165) is 41.7 Å². The summed E-state index contributed by atoms with van der Waals surface area (Å²) in [7, 11) is 0. The Morgan fingerprint density at radius 2 is 2.00 bits per heavy atom. The number of hydrogen-bond donors (Lipinski definition) is 2. The van der Waals surface area contributed by atoms with Crippen LogP contribution >= 0.6 is 0 Å². The number of benzene rings is 2. The molecule has 2 aromatic rings. The number of aromatic hydroxyl groups is 1. The lowest BCUT2D eigenvalue weighted by molar-refractivity contribution is 0.155. The van der Waals surface area contributed by atoms with Crippen LogP contribution in [-0.4, -0.2) is 10.2 Å². The van der Waals surface area contributed by atoms with E-state index in [2.05, 4.69) is 0 Å². The minimum absolute atomic E-state index is 0.247. The zero-order valence-electron chi connectivity index (χ0n) is 11.2. The molecule has 0 fully saturated rings. The van der Waals surface area contributed by atoms with Gasteiger partial charge in [-0.05, 0) is 54.2 Å². The fraction of sp³-hybridized carbons (Fsp3) is 0.294. The Hall–Kier alpha value is -2.00. The van der Waals surface area contributed by atoms with Gasteiger partial charge in [0.15, 0.2) is 0 Å². The first-order valence-corrected chi connectivity index (χ1v) is 6.94. The Morgan fingerprint density at radius 1 is 1.15 bits per heavy atom. The number of phenolic OH excluding ortho intramolecular Hbond substituents is 1. The highest BCUT2D eigenvalue weighted by molar-refractivity contribution is 5.43. The van der Waals surface area contributed by atoms with Gasteiger partial charge in [-0.1, -0.05) is 24.3 Å². The molecule has 2 aromatic carbocycles. The van der Waals surface area contributed by atoms with E-state index in [1.54, 1.807) is 18.2 Å². The zero-order chi connectivity index (χ0) is 13.9. The molecule has 1 atom stereocenters. The van der Waals surface area contributed by atoms with Gasteiger partial charge in [0.2, 0.25) is 0 Å². The van der Waals surface area contributed by atoms with Crippen LogP contribution in [0, 0.1) is 0 Å². The van der Waals surface area contributed by atoms with Gasteiger partial charge in [0.25, 0.3) is 0 Å². The van der Waals surface area contributed by atoms with Crippen molar-refractivity contribution in [2.45, 2.75) is 32.0 Å². The van der Waals surface area contributed by atoms with Crippen molar-refractivity contribution in [2.75, 3.05) is 0 Å². The predicted octanol–water partition coefficient (Wildman–Crippen LogP) is 3.34. The van der Waals surface area contributed by atoms with Crippen LogP contribution in [0.3, 0.4) is 0 Å². The SMILES string of the molecule is Oc1cccc(COc2cccc3c2CCCC3O)c1. The third-order valence-electron chi connectivity index (χ3n) is 3.74. The van der Waals surface area contributed by atoms with E-state index in [4.69, 9.17) is 4.74 Å². The molecule has 3 rings (SSSR count). The van der Waals surface area contributed by atoms with Crippen LogP contribution in [0.1, 0.15) is 35.6 Å². The first-order valence-electron chi connectivity index (χ1n) is 6.94. The third kappa shape index (κ3) is 2.63. The van der Waals surface area contributed by atoms with Crippen LogP contribution in [0.25, 0.3) is 0 Å². The van der Waals surface area contributed by atoms with Crippen molar-refractivity contribution in [1.82, 2.24) is 0 Å². The molecule has 0 radical (unpaired) electrons. The minimum Gasteiger partial charge on any atom is -0.508 e. The van der Waals surface area contributed by atoms with Crippen molar-refractivity contribution >= 4 is 0 Å². The highest BCUT2D eigenvalue weighted by Crippen LogP contribution is 2.35. The molecular formula is C17H18O3. The summed E-state index contributed by atoms with van der Waals surface area (Å²) in [6, 6.07) is 12.9. The summed E-state index contributed by atoms with van der Waals surface area (Å²) in [6.07, 6.45) is 2.38.